The zero-order valence-electron chi connectivity index (χ0n) is 13.8. The predicted octanol–water partition coefficient (Wildman–Crippen LogP) is 3.14. The molecule has 1 aliphatic rings. The zero-order chi connectivity index (χ0) is 16.8. The van der Waals surface area contributed by atoms with E-state index in [1.54, 1.807) is 0 Å². The third-order valence-electron chi connectivity index (χ3n) is 4.54. The highest BCUT2D eigenvalue weighted by Gasteiger charge is 2.16. The molecule has 1 amide bonds. The number of carbonyl (C=O) groups excluding carboxylic acids is 1. The molecule has 4 heteroatoms. The van der Waals surface area contributed by atoms with E-state index in [1.807, 2.05) is 54.6 Å². The fourth-order valence-electron chi connectivity index (χ4n) is 3.14. The van der Waals surface area contributed by atoms with Crippen molar-refractivity contribution >= 4 is 11.6 Å². The minimum absolute atomic E-state index is 0.123. The maximum absolute atomic E-state index is 12.4. The lowest BCUT2D eigenvalue weighted by Gasteiger charge is -2.28. The lowest BCUT2D eigenvalue weighted by atomic mass is 10.1. The molecule has 1 heterocycles. The van der Waals surface area contributed by atoms with Crippen molar-refractivity contribution in [3.05, 3.63) is 65.7 Å². The summed E-state index contributed by atoms with van der Waals surface area (Å²) in [6, 6.07) is 16.9. The highest BCUT2D eigenvalue weighted by molar-refractivity contribution is 5.94. The largest absolute Gasteiger partial charge is 0.394 e. The van der Waals surface area contributed by atoms with E-state index in [2.05, 4.69) is 10.2 Å². The van der Waals surface area contributed by atoms with Crippen molar-refractivity contribution in [2.24, 2.45) is 0 Å². The number of nitrogens with zero attached hydrogens (tertiary/aromatic N) is 1. The van der Waals surface area contributed by atoms with E-state index >= 15 is 0 Å². The number of anilines is 1. The van der Waals surface area contributed by atoms with Crippen LogP contribution >= 0.6 is 0 Å². The Morgan fingerprint density at radius 1 is 1.00 bits per heavy atom. The van der Waals surface area contributed by atoms with Crippen LogP contribution in [0.25, 0.3) is 0 Å². The van der Waals surface area contributed by atoms with Crippen LogP contribution in [-0.2, 0) is 0 Å². The quantitative estimate of drug-likeness (QED) is 0.888. The van der Waals surface area contributed by atoms with Crippen molar-refractivity contribution < 1.29 is 9.90 Å². The third-order valence-corrected chi connectivity index (χ3v) is 4.54. The molecular weight excluding hydrogens is 300 g/mol. The number of carbonyl (C=O) groups is 1. The van der Waals surface area contributed by atoms with Gasteiger partial charge in [-0.2, -0.15) is 0 Å². The number of nitrogens with one attached hydrogen (secondary N) is 1. The highest BCUT2D eigenvalue weighted by atomic mass is 16.3. The molecule has 3 rings (SSSR count). The number of rotatable bonds is 5. The molecule has 0 unspecified atom stereocenters. The first-order valence-corrected chi connectivity index (χ1v) is 8.59. The van der Waals surface area contributed by atoms with Crippen molar-refractivity contribution in [1.29, 1.82) is 0 Å². The molecule has 24 heavy (non-hydrogen) atoms. The van der Waals surface area contributed by atoms with Gasteiger partial charge in [-0.15, -0.1) is 0 Å². The zero-order valence-corrected chi connectivity index (χ0v) is 13.8. The Bertz CT molecular complexity index is 649. The van der Waals surface area contributed by atoms with Crippen molar-refractivity contribution in [2.75, 3.05) is 24.6 Å². The van der Waals surface area contributed by atoms with E-state index in [9.17, 15) is 9.90 Å². The maximum atomic E-state index is 12.4. The highest BCUT2D eigenvalue weighted by Crippen LogP contribution is 2.20. The van der Waals surface area contributed by atoms with Gasteiger partial charge in [0.25, 0.3) is 5.91 Å². The summed E-state index contributed by atoms with van der Waals surface area (Å²) < 4.78 is 0. The third kappa shape index (κ3) is 3.95. The second kappa shape index (κ2) is 7.97. The average molecular weight is 324 g/mol. The van der Waals surface area contributed by atoms with Gasteiger partial charge in [-0.3, -0.25) is 4.79 Å². The van der Waals surface area contributed by atoms with E-state index < -0.39 is 0 Å². The molecule has 1 aliphatic heterocycles. The van der Waals surface area contributed by atoms with Gasteiger partial charge in [-0.25, -0.2) is 0 Å². The topological polar surface area (TPSA) is 52.6 Å². The van der Waals surface area contributed by atoms with Crippen molar-refractivity contribution in [2.45, 2.75) is 25.3 Å². The summed E-state index contributed by atoms with van der Waals surface area (Å²) >= 11 is 0. The summed E-state index contributed by atoms with van der Waals surface area (Å²) in [6.07, 6.45) is 3.77. The van der Waals surface area contributed by atoms with Gasteiger partial charge in [-0.05, 0) is 49.1 Å². The number of amides is 1. The first-order valence-electron chi connectivity index (χ1n) is 8.59. The van der Waals surface area contributed by atoms with Crippen LogP contribution in [0.4, 0.5) is 5.69 Å². The van der Waals surface area contributed by atoms with E-state index in [-0.39, 0.29) is 18.6 Å². The Balaban J connectivity index is 1.66. The molecule has 2 aromatic rings. The fraction of sp³-hybridized carbons (Fsp3) is 0.350. The van der Waals surface area contributed by atoms with Gasteiger partial charge in [0.05, 0.1) is 12.6 Å². The summed E-state index contributed by atoms with van der Waals surface area (Å²) in [4.78, 5) is 14.8. The number of benzene rings is 2. The fourth-order valence-corrected chi connectivity index (χ4v) is 3.14. The molecule has 0 aliphatic carbocycles. The SMILES string of the molecule is O=C(N[C@H](CO)c1ccccc1)c1ccc(N2CCCCC2)cc1. The maximum Gasteiger partial charge on any atom is 0.251 e. The van der Waals surface area contributed by atoms with E-state index in [0.717, 1.165) is 18.7 Å². The number of hydrogen-bond acceptors (Lipinski definition) is 3. The summed E-state index contributed by atoms with van der Waals surface area (Å²) in [7, 11) is 0. The van der Waals surface area contributed by atoms with Gasteiger partial charge in [0.1, 0.15) is 0 Å². The van der Waals surface area contributed by atoms with Crippen LogP contribution in [0.1, 0.15) is 41.2 Å². The van der Waals surface area contributed by atoms with E-state index in [0.29, 0.717) is 5.56 Å². The second-order valence-corrected chi connectivity index (χ2v) is 6.21. The van der Waals surface area contributed by atoms with Gasteiger partial charge < -0.3 is 15.3 Å². The predicted molar refractivity (Wildman–Crippen MR) is 96.2 cm³/mol. The van der Waals surface area contributed by atoms with Crippen molar-refractivity contribution in [3.8, 4) is 0 Å². The van der Waals surface area contributed by atoms with Crippen LogP contribution in [0.15, 0.2) is 54.6 Å². The Kier molecular flexibility index (Phi) is 5.49. The standard InChI is InChI=1S/C20H24N2O2/c23-15-19(16-7-3-1-4-8-16)21-20(24)17-9-11-18(12-10-17)22-13-5-2-6-14-22/h1,3-4,7-12,19,23H,2,5-6,13-15H2,(H,21,24)/t19-/m1/s1. The first kappa shape index (κ1) is 16.5. The average Bonchev–Trinajstić information content (AvgIpc) is 2.67. The lowest BCUT2D eigenvalue weighted by Crippen LogP contribution is -2.31. The number of piperidine rings is 1. The van der Waals surface area contributed by atoms with Gasteiger partial charge in [0, 0.05) is 24.3 Å². The van der Waals surface area contributed by atoms with Gasteiger partial charge in [0.2, 0.25) is 0 Å². The first-order chi connectivity index (χ1) is 11.8. The molecule has 0 spiro atoms. The number of aliphatic hydroxyl groups is 1. The van der Waals surface area contributed by atoms with Gasteiger partial charge >= 0.3 is 0 Å². The molecule has 126 valence electrons. The molecule has 2 aromatic carbocycles. The summed E-state index contributed by atoms with van der Waals surface area (Å²) in [6.45, 7) is 2.06. The van der Waals surface area contributed by atoms with Crippen LogP contribution < -0.4 is 10.2 Å². The molecule has 1 atom stereocenters. The Hall–Kier alpha value is -2.33. The van der Waals surface area contributed by atoms with E-state index in [4.69, 9.17) is 0 Å². The second-order valence-electron chi connectivity index (χ2n) is 6.21. The molecule has 4 nitrogen and oxygen atoms in total. The lowest BCUT2D eigenvalue weighted by molar-refractivity contribution is 0.0916. The minimum atomic E-state index is -0.388. The molecule has 1 saturated heterocycles. The minimum Gasteiger partial charge on any atom is -0.394 e. The Morgan fingerprint density at radius 2 is 1.67 bits per heavy atom. The Labute approximate surface area is 143 Å². The summed E-state index contributed by atoms with van der Waals surface area (Å²) in [5.74, 6) is -0.164. The molecule has 2 N–H and O–H groups in total. The molecular formula is C20H24N2O2. The molecule has 0 radical (unpaired) electrons. The van der Waals surface area contributed by atoms with E-state index in [1.165, 1.54) is 24.9 Å². The van der Waals surface area contributed by atoms with Crippen LogP contribution in [0, 0.1) is 0 Å². The molecule has 0 bridgehead atoms. The Morgan fingerprint density at radius 3 is 2.29 bits per heavy atom. The molecule has 1 fully saturated rings. The smallest absolute Gasteiger partial charge is 0.251 e. The van der Waals surface area contributed by atoms with Crippen LogP contribution in [0.3, 0.4) is 0 Å². The van der Waals surface area contributed by atoms with Gasteiger partial charge in [0.15, 0.2) is 0 Å². The van der Waals surface area contributed by atoms with Crippen LogP contribution in [0.5, 0.6) is 0 Å². The van der Waals surface area contributed by atoms with Crippen LogP contribution in [0.2, 0.25) is 0 Å². The number of hydrogen-bond donors (Lipinski definition) is 2. The molecule has 0 saturated carbocycles. The number of aliphatic hydroxyl groups excluding tert-OH is 1. The van der Waals surface area contributed by atoms with Crippen molar-refractivity contribution in [3.63, 3.8) is 0 Å². The monoisotopic (exact) mass is 324 g/mol. The van der Waals surface area contributed by atoms with Crippen molar-refractivity contribution in [1.82, 2.24) is 5.32 Å². The summed E-state index contributed by atoms with van der Waals surface area (Å²) in [5, 5.41) is 12.5. The summed E-state index contributed by atoms with van der Waals surface area (Å²) in [5.41, 5.74) is 2.69. The van der Waals surface area contributed by atoms with Crippen LogP contribution in [-0.4, -0.2) is 30.7 Å². The molecule has 0 aromatic heterocycles. The normalized spacial score (nSPS) is 15.8. The van der Waals surface area contributed by atoms with Gasteiger partial charge in [-0.1, -0.05) is 30.3 Å².